The van der Waals surface area contributed by atoms with Crippen molar-refractivity contribution < 1.29 is 18.8 Å². The molecule has 5 unspecified atom stereocenters. The van der Waals surface area contributed by atoms with Crippen LogP contribution >= 0.6 is 0 Å². The Labute approximate surface area is 153 Å². The van der Waals surface area contributed by atoms with Gasteiger partial charge in [0.1, 0.15) is 5.78 Å². The van der Waals surface area contributed by atoms with Gasteiger partial charge in [0.25, 0.3) is 0 Å². The molecule has 2 rings (SSSR count). The molecule has 0 aromatic rings. The van der Waals surface area contributed by atoms with E-state index in [1.165, 1.54) is 7.11 Å². The van der Waals surface area contributed by atoms with Crippen molar-refractivity contribution in [3.8, 4) is 0 Å². The van der Waals surface area contributed by atoms with Crippen LogP contribution < -0.4 is 0 Å². The molecule has 0 aromatic carbocycles. The van der Waals surface area contributed by atoms with Gasteiger partial charge in [-0.2, -0.15) is 0 Å². The minimum absolute atomic E-state index is 0.0225. The van der Waals surface area contributed by atoms with Gasteiger partial charge >= 0.3 is 5.97 Å². The molecule has 0 heterocycles. The molecule has 2 aliphatic rings. The molecule has 0 radical (unpaired) electrons. The Morgan fingerprint density at radius 2 is 1.92 bits per heavy atom. The first kappa shape index (κ1) is 20.4. The van der Waals surface area contributed by atoms with E-state index in [4.69, 9.17) is 9.16 Å². The summed E-state index contributed by atoms with van der Waals surface area (Å²) >= 11 is 0. The van der Waals surface area contributed by atoms with Gasteiger partial charge in [-0.1, -0.05) is 39.8 Å². The molecule has 0 spiro atoms. The number of hydrogen-bond acceptors (Lipinski definition) is 4. The maximum Gasteiger partial charge on any atom is 0.309 e. The number of carbonyl (C=O) groups is 2. The van der Waals surface area contributed by atoms with E-state index in [0.717, 1.165) is 0 Å². The average molecular weight is 367 g/mol. The number of carbonyl (C=O) groups excluding carboxylic acids is 2. The van der Waals surface area contributed by atoms with Crippen LogP contribution in [0, 0.1) is 29.6 Å². The molecule has 0 saturated heterocycles. The van der Waals surface area contributed by atoms with Crippen molar-refractivity contribution in [3.05, 3.63) is 12.2 Å². The first-order valence-corrected chi connectivity index (χ1v) is 12.3. The number of rotatable bonds is 4. The van der Waals surface area contributed by atoms with E-state index < -0.39 is 8.32 Å². The number of hydrogen-bond donors (Lipinski definition) is 0. The Bertz CT molecular complexity index is 546. The average Bonchev–Trinajstić information content (AvgIpc) is 2.52. The summed E-state index contributed by atoms with van der Waals surface area (Å²) in [7, 11) is -0.447. The molecule has 5 atom stereocenters. The molecule has 0 aromatic heterocycles. The summed E-state index contributed by atoms with van der Waals surface area (Å²) in [5.74, 6) is 0.290. The quantitative estimate of drug-likeness (QED) is 0.425. The molecular formula is C20H34O4Si. The molecule has 4 nitrogen and oxygen atoms in total. The van der Waals surface area contributed by atoms with Crippen molar-refractivity contribution in [2.45, 2.75) is 58.7 Å². The third-order valence-corrected chi connectivity index (χ3v) is 11.1. The summed E-state index contributed by atoms with van der Waals surface area (Å²) in [6, 6.07) is 0. The van der Waals surface area contributed by atoms with Gasteiger partial charge in [0, 0.05) is 18.9 Å². The van der Waals surface area contributed by atoms with Crippen molar-refractivity contribution in [1.82, 2.24) is 0 Å². The number of Topliss-reactive ketones (excluding diaryl/α,β-unsaturated/α-hetero) is 1. The molecule has 25 heavy (non-hydrogen) atoms. The SMILES string of the molecule is COC(=O)C1CC(=O)C2C(C=CC(C)C2CO[Si](C)(C)C(C)(C)C)C1. The standard InChI is InChI=1S/C20H34O4Si/c1-13-8-9-14-10-15(19(22)23-5)11-17(21)18(14)16(13)12-24-25(6,7)20(2,3)4/h8-9,13-16,18H,10-12H2,1-7H3. The van der Waals surface area contributed by atoms with E-state index in [9.17, 15) is 9.59 Å². The summed E-state index contributed by atoms with van der Waals surface area (Å²) in [6.07, 6.45) is 5.37. The number of allylic oxidation sites excluding steroid dienone is 2. The third-order valence-electron chi connectivity index (χ3n) is 6.61. The largest absolute Gasteiger partial charge is 0.469 e. The van der Waals surface area contributed by atoms with E-state index >= 15 is 0 Å². The first-order chi connectivity index (χ1) is 11.5. The second-order valence-electron chi connectivity index (χ2n) is 9.30. The molecule has 0 aliphatic heterocycles. The van der Waals surface area contributed by atoms with Crippen molar-refractivity contribution in [2.75, 3.05) is 13.7 Å². The Kier molecular flexibility index (Phi) is 5.99. The monoisotopic (exact) mass is 366 g/mol. The molecule has 5 heteroatoms. The Hall–Kier alpha value is -0.943. The fourth-order valence-electron chi connectivity index (χ4n) is 3.84. The van der Waals surface area contributed by atoms with Crippen LogP contribution in [-0.4, -0.2) is 33.8 Å². The molecule has 0 bridgehead atoms. The summed E-state index contributed by atoms with van der Waals surface area (Å²) in [4.78, 5) is 24.7. The molecule has 2 aliphatic carbocycles. The number of fused-ring (bicyclic) bond motifs is 1. The third kappa shape index (κ3) is 4.25. The highest BCUT2D eigenvalue weighted by atomic mass is 28.4. The minimum atomic E-state index is -1.84. The van der Waals surface area contributed by atoms with Gasteiger partial charge in [-0.15, -0.1) is 0 Å². The van der Waals surface area contributed by atoms with Crippen LogP contribution in [0.15, 0.2) is 12.2 Å². The predicted octanol–water partition coefficient (Wildman–Crippen LogP) is 4.21. The van der Waals surface area contributed by atoms with Gasteiger partial charge in [0.2, 0.25) is 0 Å². The highest BCUT2D eigenvalue weighted by Gasteiger charge is 2.46. The maximum absolute atomic E-state index is 12.9. The van der Waals surface area contributed by atoms with Crippen molar-refractivity contribution >= 4 is 20.1 Å². The summed E-state index contributed by atoms with van der Waals surface area (Å²) < 4.78 is 11.3. The smallest absolute Gasteiger partial charge is 0.309 e. The lowest BCUT2D eigenvalue weighted by Gasteiger charge is -2.44. The topological polar surface area (TPSA) is 52.6 Å². The van der Waals surface area contributed by atoms with E-state index in [1.54, 1.807) is 0 Å². The van der Waals surface area contributed by atoms with E-state index in [0.29, 0.717) is 25.4 Å². The lowest BCUT2D eigenvalue weighted by molar-refractivity contribution is -0.151. The van der Waals surface area contributed by atoms with Crippen LogP contribution in [0.5, 0.6) is 0 Å². The first-order valence-electron chi connectivity index (χ1n) is 9.40. The molecule has 142 valence electrons. The zero-order chi connectivity index (χ0) is 19.0. The Morgan fingerprint density at radius 1 is 1.28 bits per heavy atom. The zero-order valence-electron chi connectivity index (χ0n) is 16.8. The summed E-state index contributed by atoms with van der Waals surface area (Å²) in [6.45, 7) is 14.0. The zero-order valence-corrected chi connectivity index (χ0v) is 17.8. The number of ether oxygens (including phenoxy) is 1. The normalized spacial score (nSPS) is 33.1. The van der Waals surface area contributed by atoms with Crippen LogP contribution in [0.2, 0.25) is 18.1 Å². The molecule has 0 N–H and O–H groups in total. The fourth-order valence-corrected chi connectivity index (χ4v) is 4.88. The van der Waals surface area contributed by atoms with E-state index in [2.05, 4.69) is 52.9 Å². The molecule has 1 saturated carbocycles. The summed E-state index contributed by atoms with van der Waals surface area (Å²) in [5.41, 5.74) is 0. The highest BCUT2D eigenvalue weighted by molar-refractivity contribution is 6.74. The van der Waals surface area contributed by atoms with E-state index in [-0.39, 0.29) is 40.5 Å². The van der Waals surface area contributed by atoms with Crippen LogP contribution in [0.25, 0.3) is 0 Å². The van der Waals surface area contributed by atoms with Crippen molar-refractivity contribution in [2.24, 2.45) is 29.6 Å². The minimum Gasteiger partial charge on any atom is -0.469 e. The summed E-state index contributed by atoms with van der Waals surface area (Å²) in [5, 5.41) is 0.159. The van der Waals surface area contributed by atoms with Gasteiger partial charge < -0.3 is 9.16 Å². The van der Waals surface area contributed by atoms with Crippen LogP contribution in [0.4, 0.5) is 0 Å². The van der Waals surface area contributed by atoms with Gasteiger partial charge in [-0.3, -0.25) is 9.59 Å². The van der Waals surface area contributed by atoms with E-state index in [1.807, 2.05) is 0 Å². The van der Waals surface area contributed by atoms with Crippen LogP contribution in [0.3, 0.4) is 0 Å². The van der Waals surface area contributed by atoms with Gasteiger partial charge in [0.15, 0.2) is 8.32 Å². The van der Waals surface area contributed by atoms with Crippen LogP contribution in [0.1, 0.15) is 40.5 Å². The highest BCUT2D eigenvalue weighted by Crippen LogP contribution is 2.44. The van der Waals surface area contributed by atoms with Gasteiger partial charge in [-0.25, -0.2) is 0 Å². The number of methoxy groups -OCH3 is 1. The number of esters is 1. The lowest BCUT2D eigenvalue weighted by atomic mass is 9.62. The maximum atomic E-state index is 12.9. The van der Waals surface area contributed by atoms with Gasteiger partial charge in [0.05, 0.1) is 13.0 Å². The Morgan fingerprint density at radius 3 is 2.48 bits per heavy atom. The Balaban J connectivity index is 2.14. The van der Waals surface area contributed by atoms with Crippen molar-refractivity contribution in [3.63, 3.8) is 0 Å². The number of ketones is 1. The molecule has 1 fully saturated rings. The lowest BCUT2D eigenvalue weighted by Crippen LogP contribution is -2.48. The van der Waals surface area contributed by atoms with Crippen LogP contribution in [-0.2, 0) is 18.8 Å². The second kappa shape index (κ2) is 7.35. The molecule has 0 amide bonds. The second-order valence-corrected chi connectivity index (χ2v) is 14.1. The van der Waals surface area contributed by atoms with Crippen molar-refractivity contribution in [1.29, 1.82) is 0 Å². The predicted molar refractivity (Wildman–Crippen MR) is 102 cm³/mol. The molecular weight excluding hydrogens is 332 g/mol. The fraction of sp³-hybridized carbons (Fsp3) is 0.800. The van der Waals surface area contributed by atoms with Gasteiger partial charge in [-0.05, 0) is 42.3 Å².